The van der Waals surface area contributed by atoms with Crippen LogP contribution >= 0.6 is 24.8 Å². The number of aliphatic hydroxyl groups excluding tert-OH is 2. The lowest BCUT2D eigenvalue weighted by Gasteiger charge is -2.14. The van der Waals surface area contributed by atoms with Crippen molar-refractivity contribution < 1.29 is 10.2 Å². The third-order valence-corrected chi connectivity index (χ3v) is 2.51. The minimum Gasteiger partial charge on any atom is -0.390 e. The summed E-state index contributed by atoms with van der Waals surface area (Å²) in [5.74, 6) is -0.0509. The highest BCUT2D eigenvalue weighted by molar-refractivity contribution is 5.85. The van der Waals surface area contributed by atoms with Crippen LogP contribution in [0, 0.1) is 6.92 Å². The SMILES string of the molecule is Cc1nc2nc(N)[nH]c(=O)c2nc1[C@H](O)[C@@H](C)O.Cl.Cl. The van der Waals surface area contributed by atoms with Crippen LogP contribution in [-0.4, -0.2) is 36.3 Å². The van der Waals surface area contributed by atoms with Crippen LogP contribution in [0.1, 0.15) is 24.4 Å². The van der Waals surface area contributed by atoms with Gasteiger partial charge in [0.05, 0.1) is 17.5 Å². The Kier molecular flexibility index (Phi) is 6.30. The maximum Gasteiger partial charge on any atom is 0.280 e. The van der Waals surface area contributed by atoms with Gasteiger partial charge in [-0.3, -0.25) is 9.78 Å². The molecular formula is C10H15Cl2N5O3. The summed E-state index contributed by atoms with van der Waals surface area (Å²) in [4.78, 5) is 25.8. The largest absolute Gasteiger partial charge is 0.390 e. The zero-order valence-corrected chi connectivity index (χ0v) is 12.3. The van der Waals surface area contributed by atoms with Crippen molar-refractivity contribution in [2.75, 3.05) is 5.73 Å². The van der Waals surface area contributed by atoms with Crippen molar-refractivity contribution >= 4 is 41.9 Å². The van der Waals surface area contributed by atoms with E-state index >= 15 is 0 Å². The van der Waals surface area contributed by atoms with Crippen molar-refractivity contribution in [3.05, 3.63) is 21.7 Å². The van der Waals surface area contributed by atoms with E-state index in [1.165, 1.54) is 6.92 Å². The maximum absolute atomic E-state index is 11.6. The van der Waals surface area contributed by atoms with Crippen molar-refractivity contribution in [2.45, 2.75) is 26.1 Å². The highest BCUT2D eigenvalue weighted by Gasteiger charge is 2.20. The van der Waals surface area contributed by atoms with E-state index in [0.717, 1.165) is 0 Å². The molecule has 2 heterocycles. The Morgan fingerprint density at radius 3 is 2.35 bits per heavy atom. The lowest BCUT2D eigenvalue weighted by molar-refractivity contribution is 0.0273. The van der Waals surface area contributed by atoms with E-state index < -0.39 is 17.8 Å². The molecule has 2 atom stereocenters. The number of nitrogen functional groups attached to an aromatic ring is 1. The van der Waals surface area contributed by atoms with E-state index in [4.69, 9.17) is 5.73 Å². The van der Waals surface area contributed by atoms with Gasteiger partial charge in [-0.05, 0) is 13.8 Å². The molecule has 0 aliphatic rings. The second kappa shape index (κ2) is 6.80. The fourth-order valence-electron chi connectivity index (χ4n) is 1.58. The summed E-state index contributed by atoms with van der Waals surface area (Å²) in [6, 6.07) is 0. The van der Waals surface area contributed by atoms with Gasteiger partial charge in [-0.1, -0.05) is 0 Å². The van der Waals surface area contributed by atoms with Gasteiger partial charge in [0, 0.05) is 0 Å². The normalized spacial score (nSPS) is 13.2. The number of aliphatic hydroxyl groups is 2. The molecule has 2 aromatic heterocycles. The molecule has 0 fully saturated rings. The fraction of sp³-hybridized carbons (Fsp3) is 0.400. The average Bonchev–Trinajstić information content (AvgIpc) is 2.26. The molecule has 8 nitrogen and oxygen atoms in total. The molecule has 0 aliphatic heterocycles. The van der Waals surface area contributed by atoms with Crippen LogP contribution in [-0.2, 0) is 0 Å². The van der Waals surface area contributed by atoms with Gasteiger partial charge < -0.3 is 15.9 Å². The number of H-pyrrole nitrogens is 1. The van der Waals surface area contributed by atoms with Crippen molar-refractivity contribution in [1.82, 2.24) is 19.9 Å². The molecule has 0 aliphatic carbocycles. The van der Waals surface area contributed by atoms with E-state index in [1.807, 2.05) is 0 Å². The van der Waals surface area contributed by atoms with Gasteiger partial charge in [0.2, 0.25) is 5.95 Å². The van der Waals surface area contributed by atoms with E-state index in [9.17, 15) is 15.0 Å². The minimum atomic E-state index is -1.21. The number of halogens is 2. The van der Waals surface area contributed by atoms with Gasteiger partial charge in [-0.15, -0.1) is 24.8 Å². The van der Waals surface area contributed by atoms with Gasteiger partial charge in [0.15, 0.2) is 11.2 Å². The first kappa shape index (κ1) is 18.5. The Bertz CT molecular complexity index is 661. The second-order valence-corrected chi connectivity index (χ2v) is 4.00. The van der Waals surface area contributed by atoms with Gasteiger partial charge in [0.25, 0.3) is 5.56 Å². The smallest absolute Gasteiger partial charge is 0.280 e. The number of aromatic nitrogens is 4. The monoisotopic (exact) mass is 323 g/mol. The molecule has 5 N–H and O–H groups in total. The van der Waals surface area contributed by atoms with Gasteiger partial charge in [-0.25, -0.2) is 9.97 Å². The zero-order valence-electron chi connectivity index (χ0n) is 10.7. The third-order valence-electron chi connectivity index (χ3n) is 2.51. The molecule has 2 rings (SSSR count). The predicted octanol–water partition coefficient (Wildman–Crippen LogP) is -0.138. The number of hydrogen-bond donors (Lipinski definition) is 4. The number of aryl methyl sites for hydroxylation is 1. The molecule has 20 heavy (non-hydrogen) atoms. The van der Waals surface area contributed by atoms with E-state index in [0.29, 0.717) is 5.69 Å². The summed E-state index contributed by atoms with van der Waals surface area (Å²) in [5, 5.41) is 19.1. The van der Waals surface area contributed by atoms with Crippen LogP contribution in [0.2, 0.25) is 0 Å². The third kappa shape index (κ3) is 3.34. The highest BCUT2D eigenvalue weighted by atomic mass is 35.5. The van der Waals surface area contributed by atoms with Gasteiger partial charge in [0.1, 0.15) is 6.10 Å². The summed E-state index contributed by atoms with van der Waals surface area (Å²) < 4.78 is 0. The molecule has 0 saturated heterocycles. The van der Waals surface area contributed by atoms with Gasteiger partial charge in [-0.2, -0.15) is 4.98 Å². The average molecular weight is 324 g/mol. The van der Waals surface area contributed by atoms with E-state index in [-0.39, 0.29) is 47.6 Å². The Hall–Kier alpha value is -1.48. The Morgan fingerprint density at radius 1 is 1.20 bits per heavy atom. The summed E-state index contributed by atoms with van der Waals surface area (Å²) in [7, 11) is 0. The maximum atomic E-state index is 11.6. The van der Waals surface area contributed by atoms with Crippen LogP contribution in [0.5, 0.6) is 0 Å². The van der Waals surface area contributed by atoms with Crippen molar-refractivity contribution in [1.29, 1.82) is 0 Å². The number of aromatic amines is 1. The van der Waals surface area contributed by atoms with Crippen LogP contribution < -0.4 is 11.3 Å². The number of nitrogens with zero attached hydrogens (tertiary/aromatic N) is 3. The lowest BCUT2D eigenvalue weighted by atomic mass is 10.1. The number of nitrogens with one attached hydrogen (secondary N) is 1. The molecule has 0 amide bonds. The first-order valence-corrected chi connectivity index (χ1v) is 5.30. The first-order chi connectivity index (χ1) is 8.40. The van der Waals surface area contributed by atoms with Crippen LogP contribution in [0.4, 0.5) is 5.95 Å². The van der Waals surface area contributed by atoms with E-state index in [2.05, 4.69) is 19.9 Å². The molecular weight excluding hydrogens is 309 g/mol. The summed E-state index contributed by atoms with van der Waals surface area (Å²) in [6.07, 6.45) is -2.23. The molecule has 2 aromatic rings. The molecule has 0 aromatic carbocycles. The van der Waals surface area contributed by atoms with Crippen LogP contribution in [0.3, 0.4) is 0 Å². The van der Waals surface area contributed by atoms with E-state index in [1.54, 1.807) is 6.92 Å². The van der Waals surface area contributed by atoms with Crippen molar-refractivity contribution in [2.24, 2.45) is 0 Å². The van der Waals surface area contributed by atoms with Crippen molar-refractivity contribution in [3.63, 3.8) is 0 Å². The number of anilines is 1. The Labute approximate surface area is 126 Å². The molecule has 10 heteroatoms. The summed E-state index contributed by atoms with van der Waals surface area (Å²) in [5.41, 5.74) is 5.47. The quantitative estimate of drug-likeness (QED) is 0.603. The molecule has 0 unspecified atom stereocenters. The summed E-state index contributed by atoms with van der Waals surface area (Å²) >= 11 is 0. The topological polar surface area (TPSA) is 138 Å². The number of nitrogens with two attached hydrogens (primary N) is 1. The van der Waals surface area contributed by atoms with Crippen LogP contribution in [0.25, 0.3) is 11.2 Å². The van der Waals surface area contributed by atoms with Crippen molar-refractivity contribution in [3.8, 4) is 0 Å². The van der Waals surface area contributed by atoms with Crippen LogP contribution in [0.15, 0.2) is 4.79 Å². The predicted molar refractivity (Wildman–Crippen MR) is 78.2 cm³/mol. The highest BCUT2D eigenvalue weighted by Crippen LogP contribution is 2.18. The number of fused-ring (bicyclic) bond motifs is 1. The van der Waals surface area contributed by atoms with Gasteiger partial charge >= 0.3 is 0 Å². The molecule has 0 radical (unpaired) electrons. The number of rotatable bonds is 2. The molecule has 0 saturated carbocycles. The molecule has 0 spiro atoms. The lowest BCUT2D eigenvalue weighted by Crippen LogP contribution is -2.20. The summed E-state index contributed by atoms with van der Waals surface area (Å²) in [6.45, 7) is 3.02. The molecule has 112 valence electrons. The Balaban J connectivity index is 0.00000180. The molecule has 0 bridgehead atoms. The zero-order chi connectivity index (χ0) is 13.4. The minimum absolute atomic E-state index is 0. The fourth-order valence-corrected chi connectivity index (χ4v) is 1.58. The Morgan fingerprint density at radius 2 is 1.80 bits per heavy atom. The second-order valence-electron chi connectivity index (χ2n) is 4.00. The standard InChI is InChI=1S/C10H13N5O3.2ClH/c1-3-5(7(17)4(2)16)13-6-8(12-3)14-10(11)15-9(6)18;;/h4,7,16-17H,1-2H3,(H3,11,12,14,15,18);2*1H/t4-,7-;;/m1../s1. The first-order valence-electron chi connectivity index (χ1n) is 5.30. The number of hydrogen-bond acceptors (Lipinski definition) is 7.